The van der Waals surface area contributed by atoms with E-state index in [1.165, 1.54) is 4.90 Å². The molecule has 0 aromatic heterocycles. The lowest BCUT2D eigenvalue weighted by Gasteiger charge is -2.18. The number of halogens is 3. The Morgan fingerprint density at radius 1 is 1.27 bits per heavy atom. The van der Waals surface area contributed by atoms with Crippen LogP contribution in [0.2, 0.25) is 0 Å². The van der Waals surface area contributed by atoms with Crippen LogP contribution in [0.25, 0.3) is 0 Å². The van der Waals surface area contributed by atoms with Crippen molar-refractivity contribution < 1.29 is 17.9 Å². The minimum absolute atomic E-state index is 0.196. The molecular weight excluding hydrogens is 345 g/mol. The fourth-order valence-corrected chi connectivity index (χ4v) is 2.96. The van der Waals surface area contributed by atoms with Gasteiger partial charge in [0.2, 0.25) is 0 Å². The average molecular weight is 372 g/mol. The third-order valence-electron chi connectivity index (χ3n) is 4.25. The smallest absolute Gasteiger partial charge is 0.401 e. The molecule has 0 bridgehead atoms. The minimum atomic E-state index is -4.13. The van der Waals surface area contributed by atoms with Gasteiger partial charge in [-0.25, -0.2) is 4.99 Å². The number of likely N-dealkylation sites (tertiary alicyclic amines) is 1. The number of nitrogens with one attached hydrogen (secondary N) is 2. The van der Waals surface area contributed by atoms with E-state index in [4.69, 9.17) is 4.74 Å². The van der Waals surface area contributed by atoms with Gasteiger partial charge in [-0.2, -0.15) is 13.2 Å². The van der Waals surface area contributed by atoms with Gasteiger partial charge in [0.25, 0.3) is 0 Å². The van der Waals surface area contributed by atoms with Gasteiger partial charge in [0.1, 0.15) is 5.75 Å². The Labute approximate surface area is 152 Å². The molecule has 1 atom stereocenters. The van der Waals surface area contributed by atoms with Crippen molar-refractivity contribution in [2.75, 3.05) is 39.8 Å². The van der Waals surface area contributed by atoms with Crippen molar-refractivity contribution in [3.63, 3.8) is 0 Å². The number of hydrogen-bond acceptors (Lipinski definition) is 3. The first-order valence-corrected chi connectivity index (χ1v) is 8.84. The zero-order valence-corrected chi connectivity index (χ0v) is 15.3. The Bertz CT molecular complexity index is 575. The average Bonchev–Trinajstić information content (AvgIpc) is 3.03. The third-order valence-corrected chi connectivity index (χ3v) is 4.25. The quantitative estimate of drug-likeness (QED) is 0.571. The minimum Gasteiger partial charge on any atom is -0.497 e. The van der Waals surface area contributed by atoms with E-state index in [1.54, 1.807) is 7.11 Å². The Kier molecular flexibility index (Phi) is 7.56. The number of methoxy groups -OCH3 is 1. The summed E-state index contributed by atoms with van der Waals surface area (Å²) in [5.41, 5.74) is 1.06. The highest BCUT2D eigenvalue weighted by Gasteiger charge is 2.34. The lowest BCUT2D eigenvalue weighted by Crippen LogP contribution is -2.40. The first kappa shape index (κ1) is 20.4. The van der Waals surface area contributed by atoms with E-state index in [0.29, 0.717) is 32.1 Å². The molecule has 146 valence electrons. The lowest BCUT2D eigenvalue weighted by molar-refractivity contribution is -0.143. The fraction of sp³-hybridized carbons (Fsp3) is 0.611. The lowest BCUT2D eigenvalue weighted by atomic mass is 10.1. The molecule has 1 aliphatic rings. The van der Waals surface area contributed by atoms with E-state index in [0.717, 1.165) is 24.3 Å². The SMILES string of the molecule is CCNC(=NCc1ccc(OC)cc1)NCC1CCN(CC(F)(F)F)C1. The molecule has 1 saturated heterocycles. The molecule has 0 saturated carbocycles. The number of guanidine groups is 1. The fourth-order valence-electron chi connectivity index (χ4n) is 2.96. The summed E-state index contributed by atoms with van der Waals surface area (Å²) in [6.45, 7) is 3.96. The van der Waals surface area contributed by atoms with Crippen molar-refractivity contribution in [1.29, 1.82) is 0 Å². The molecule has 0 amide bonds. The van der Waals surface area contributed by atoms with Crippen LogP contribution < -0.4 is 15.4 Å². The van der Waals surface area contributed by atoms with Gasteiger partial charge in [-0.3, -0.25) is 4.90 Å². The summed E-state index contributed by atoms with van der Waals surface area (Å²) in [5, 5.41) is 6.41. The normalized spacial score (nSPS) is 18.8. The van der Waals surface area contributed by atoms with Crippen LogP contribution in [0.4, 0.5) is 13.2 Å². The molecule has 5 nitrogen and oxygen atoms in total. The van der Waals surface area contributed by atoms with Crippen molar-refractivity contribution in [3.05, 3.63) is 29.8 Å². The largest absolute Gasteiger partial charge is 0.497 e. The summed E-state index contributed by atoms with van der Waals surface area (Å²) in [4.78, 5) is 6.00. The molecule has 2 rings (SSSR count). The summed E-state index contributed by atoms with van der Waals surface area (Å²) >= 11 is 0. The van der Waals surface area contributed by atoms with Crippen molar-refractivity contribution >= 4 is 5.96 Å². The molecule has 2 N–H and O–H groups in total. The van der Waals surface area contributed by atoms with E-state index in [1.807, 2.05) is 31.2 Å². The monoisotopic (exact) mass is 372 g/mol. The highest BCUT2D eigenvalue weighted by atomic mass is 19.4. The maximum atomic E-state index is 12.5. The van der Waals surface area contributed by atoms with Crippen LogP contribution in [0.15, 0.2) is 29.3 Å². The predicted molar refractivity (Wildman–Crippen MR) is 96.4 cm³/mol. The van der Waals surface area contributed by atoms with Crippen LogP contribution >= 0.6 is 0 Å². The molecule has 26 heavy (non-hydrogen) atoms. The molecule has 0 spiro atoms. The molecule has 1 unspecified atom stereocenters. The van der Waals surface area contributed by atoms with Crippen LogP contribution in [0.3, 0.4) is 0 Å². The van der Waals surface area contributed by atoms with Gasteiger partial charge in [0, 0.05) is 19.6 Å². The van der Waals surface area contributed by atoms with E-state index in [9.17, 15) is 13.2 Å². The van der Waals surface area contributed by atoms with Crippen LogP contribution in [0.5, 0.6) is 5.75 Å². The van der Waals surface area contributed by atoms with Crippen molar-refractivity contribution in [2.24, 2.45) is 10.9 Å². The zero-order chi connectivity index (χ0) is 19.0. The second-order valence-corrected chi connectivity index (χ2v) is 6.43. The predicted octanol–water partition coefficient (Wildman–Crippen LogP) is 2.63. The molecule has 1 aromatic rings. The van der Waals surface area contributed by atoms with Crippen LogP contribution in [0.1, 0.15) is 18.9 Å². The summed E-state index contributed by atoms with van der Waals surface area (Å²) < 4.78 is 42.5. The Balaban J connectivity index is 1.82. The summed E-state index contributed by atoms with van der Waals surface area (Å²) in [6, 6.07) is 7.69. The second kappa shape index (κ2) is 9.66. The van der Waals surface area contributed by atoms with E-state index in [2.05, 4.69) is 15.6 Å². The van der Waals surface area contributed by atoms with Gasteiger partial charge >= 0.3 is 6.18 Å². The molecule has 1 aromatic carbocycles. The number of alkyl halides is 3. The van der Waals surface area contributed by atoms with Crippen molar-refractivity contribution in [2.45, 2.75) is 26.1 Å². The molecule has 8 heteroatoms. The topological polar surface area (TPSA) is 48.9 Å². The summed E-state index contributed by atoms with van der Waals surface area (Å²) in [7, 11) is 1.62. The highest BCUT2D eigenvalue weighted by molar-refractivity contribution is 5.79. The van der Waals surface area contributed by atoms with E-state index >= 15 is 0 Å². The Morgan fingerprint density at radius 3 is 2.62 bits per heavy atom. The number of aliphatic imine (C=N–C) groups is 1. The first-order valence-electron chi connectivity index (χ1n) is 8.84. The first-order chi connectivity index (χ1) is 12.4. The standard InChI is InChI=1S/C18H27F3N4O/c1-3-22-17(23-10-14-4-6-16(26-2)7-5-14)24-11-15-8-9-25(12-15)13-18(19,20)21/h4-7,15H,3,8-13H2,1-2H3,(H2,22,23,24). The van der Waals surface area contributed by atoms with Gasteiger partial charge in [-0.1, -0.05) is 12.1 Å². The third kappa shape index (κ3) is 7.11. The number of nitrogens with zero attached hydrogens (tertiary/aromatic N) is 2. The molecule has 1 heterocycles. The Morgan fingerprint density at radius 2 is 2.00 bits per heavy atom. The number of hydrogen-bond donors (Lipinski definition) is 2. The number of rotatable bonds is 7. The van der Waals surface area contributed by atoms with Crippen LogP contribution in [-0.4, -0.2) is 56.9 Å². The maximum absolute atomic E-state index is 12.5. The molecule has 0 aliphatic carbocycles. The van der Waals surface area contributed by atoms with Gasteiger partial charge in [-0.15, -0.1) is 0 Å². The summed E-state index contributed by atoms with van der Waals surface area (Å²) in [6.07, 6.45) is -3.36. The molecule has 0 radical (unpaired) electrons. The van der Waals surface area contributed by atoms with Gasteiger partial charge in [0.05, 0.1) is 20.2 Å². The van der Waals surface area contributed by atoms with Gasteiger partial charge in [-0.05, 0) is 43.5 Å². The molecular formula is C18H27F3N4O. The van der Waals surface area contributed by atoms with Crippen LogP contribution in [-0.2, 0) is 6.54 Å². The number of benzene rings is 1. The maximum Gasteiger partial charge on any atom is 0.401 e. The second-order valence-electron chi connectivity index (χ2n) is 6.43. The van der Waals surface area contributed by atoms with Gasteiger partial charge < -0.3 is 15.4 Å². The van der Waals surface area contributed by atoms with Gasteiger partial charge in [0.15, 0.2) is 5.96 Å². The van der Waals surface area contributed by atoms with Crippen LogP contribution in [0, 0.1) is 5.92 Å². The molecule has 1 fully saturated rings. The Hall–Kier alpha value is -1.96. The van der Waals surface area contributed by atoms with Crippen molar-refractivity contribution in [3.8, 4) is 5.75 Å². The molecule has 1 aliphatic heterocycles. The highest BCUT2D eigenvalue weighted by Crippen LogP contribution is 2.22. The summed E-state index contributed by atoms with van der Waals surface area (Å²) in [5.74, 6) is 1.67. The van der Waals surface area contributed by atoms with E-state index in [-0.39, 0.29) is 5.92 Å². The number of ether oxygens (including phenoxy) is 1. The van der Waals surface area contributed by atoms with Crippen molar-refractivity contribution in [1.82, 2.24) is 15.5 Å². The van der Waals surface area contributed by atoms with E-state index < -0.39 is 12.7 Å². The zero-order valence-electron chi connectivity index (χ0n) is 15.3.